The van der Waals surface area contributed by atoms with Crippen LogP contribution in [0.15, 0.2) is 48.5 Å². The Labute approximate surface area is 187 Å². The lowest BCUT2D eigenvalue weighted by Crippen LogP contribution is -2.50. The van der Waals surface area contributed by atoms with Crippen molar-refractivity contribution in [3.63, 3.8) is 0 Å². The second-order valence-corrected chi connectivity index (χ2v) is 8.43. The molecule has 0 saturated carbocycles. The first-order valence-corrected chi connectivity index (χ1v) is 10.9. The van der Waals surface area contributed by atoms with Gasteiger partial charge in [0.2, 0.25) is 5.91 Å². The summed E-state index contributed by atoms with van der Waals surface area (Å²) < 4.78 is 6.77. The van der Waals surface area contributed by atoms with Crippen LogP contribution in [0.2, 0.25) is 0 Å². The molecule has 6 heteroatoms. The van der Waals surface area contributed by atoms with Crippen LogP contribution >= 0.6 is 22.6 Å². The molecule has 0 aliphatic rings. The first kappa shape index (κ1) is 23.2. The number of carbonyl (C=O) groups is 2. The fourth-order valence-electron chi connectivity index (χ4n) is 2.78. The van der Waals surface area contributed by atoms with E-state index in [4.69, 9.17) is 4.74 Å². The van der Waals surface area contributed by atoms with E-state index in [0.29, 0.717) is 12.3 Å². The Morgan fingerprint density at radius 2 is 1.76 bits per heavy atom. The minimum Gasteiger partial charge on any atom is -0.484 e. The third-order valence-corrected chi connectivity index (χ3v) is 5.67. The third kappa shape index (κ3) is 7.03. The molecule has 0 heterocycles. The van der Waals surface area contributed by atoms with Crippen LogP contribution in [0.25, 0.3) is 0 Å². The molecular weight excluding hydrogens is 479 g/mol. The van der Waals surface area contributed by atoms with Gasteiger partial charge in [0.05, 0.1) is 0 Å². The summed E-state index contributed by atoms with van der Waals surface area (Å²) in [6, 6.07) is 14.9. The Hall–Kier alpha value is -2.09. The third-order valence-electron chi connectivity index (χ3n) is 4.95. The smallest absolute Gasteiger partial charge is 0.261 e. The SMILES string of the molecule is CC[C@H](C)NC(=O)[C@@H](C)N(Cc1ccccc1C)C(=O)COc1ccc(I)cc1. The maximum Gasteiger partial charge on any atom is 0.261 e. The standard InChI is InChI=1S/C23H29IN2O3/c1-5-17(3)25-23(28)18(4)26(14-19-9-7-6-8-16(19)2)22(27)15-29-21-12-10-20(24)11-13-21/h6-13,17-18H,5,14-15H2,1-4H3,(H,25,28)/t17-,18+/m0/s1. The van der Waals surface area contributed by atoms with E-state index in [-0.39, 0.29) is 24.5 Å². The molecule has 0 spiro atoms. The number of halogens is 1. The molecule has 0 radical (unpaired) electrons. The Morgan fingerprint density at radius 1 is 1.10 bits per heavy atom. The molecule has 0 saturated heterocycles. The van der Waals surface area contributed by atoms with Crippen molar-refractivity contribution in [1.82, 2.24) is 10.2 Å². The minimum atomic E-state index is -0.601. The Kier molecular flexibility index (Phi) is 8.95. The van der Waals surface area contributed by atoms with Gasteiger partial charge in [-0.05, 0) is 85.2 Å². The van der Waals surface area contributed by atoms with Crippen LogP contribution in [-0.4, -0.2) is 35.4 Å². The molecule has 2 rings (SSSR count). The number of nitrogens with one attached hydrogen (secondary N) is 1. The predicted octanol–water partition coefficient (Wildman–Crippen LogP) is 4.31. The van der Waals surface area contributed by atoms with Crippen molar-refractivity contribution in [1.29, 1.82) is 0 Å². The maximum atomic E-state index is 13.0. The first-order valence-electron chi connectivity index (χ1n) is 9.84. The van der Waals surface area contributed by atoms with Crippen molar-refractivity contribution in [3.05, 3.63) is 63.2 Å². The lowest BCUT2D eigenvalue weighted by atomic mass is 10.1. The molecule has 2 aromatic rings. The quantitative estimate of drug-likeness (QED) is 0.514. The Balaban J connectivity index is 2.15. The van der Waals surface area contributed by atoms with Crippen LogP contribution in [0, 0.1) is 10.5 Å². The zero-order valence-corrected chi connectivity index (χ0v) is 19.6. The summed E-state index contributed by atoms with van der Waals surface area (Å²) in [6.45, 7) is 7.98. The fourth-order valence-corrected chi connectivity index (χ4v) is 3.14. The van der Waals surface area contributed by atoms with Gasteiger partial charge < -0.3 is 15.0 Å². The average Bonchev–Trinajstić information content (AvgIpc) is 2.71. The average molecular weight is 508 g/mol. The van der Waals surface area contributed by atoms with Crippen LogP contribution in [-0.2, 0) is 16.1 Å². The first-order chi connectivity index (χ1) is 13.8. The van der Waals surface area contributed by atoms with E-state index in [9.17, 15) is 9.59 Å². The fraction of sp³-hybridized carbons (Fsp3) is 0.391. The summed E-state index contributed by atoms with van der Waals surface area (Å²) in [5, 5.41) is 2.97. The van der Waals surface area contributed by atoms with Crippen molar-refractivity contribution in [2.45, 2.75) is 52.7 Å². The number of aryl methyl sites for hydroxylation is 1. The summed E-state index contributed by atoms with van der Waals surface area (Å²) in [4.78, 5) is 27.3. The molecule has 0 aromatic heterocycles. The van der Waals surface area contributed by atoms with Crippen molar-refractivity contribution in [2.75, 3.05) is 6.61 Å². The molecule has 29 heavy (non-hydrogen) atoms. The van der Waals surface area contributed by atoms with E-state index in [1.54, 1.807) is 11.8 Å². The molecule has 0 aliphatic heterocycles. The van der Waals surface area contributed by atoms with Crippen molar-refractivity contribution >= 4 is 34.4 Å². The number of rotatable bonds is 9. The predicted molar refractivity (Wildman–Crippen MR) is 124 cm³/mol. The number of hydrogen-bond donors (Lipinski definition) is 1. The Morgan fingerprint density at radius 3 is 2.38 bits per heavy atom. The summed E-state index contributed by atoms with van der Waals surface area (Å²) >= 11 is 2.22. The highest BCUT2D eigenvalue weighted by atomic mass is 127. The number of ether oxygens (including phenoxy) is 1. The number of benzene rings is 2. The molecule has 156 valence electrons. The molecule has 5 nitrogen and oxygen atoms in total. The minimum absolute atomic E-state index is 0.0587. The van der Waals surface area contributed by atoms with Crippen molar-refractivity contribution < 1.29 is 14.3 Å². The normalized spacial score (nSPS) is 12.7. The van der Waals surface area contributed by atoms with Crippen LogP contribution < -0.4 is 10.1 Å². The van der Waals surface area contributed by atoms with E-state index in [1.165, 1.54) is 0 Å². The van der Waals surface area contributed by atoms with Crippen LogP contribution in [0.1, 0.15) is 38.3 Å². The molecule has 0 unspecified atom stereocenters. The molecule has 1 N–H and O–H groups in total. The second kappa shape index (κ2) is 11.2. The monoisotopic (exact) mass is 508 g/mol. The number of carbonyl (C=O) groups excluding carboxylic acids is 2. The highest BCUT2D eigenvalue weighted by Crippen LogP contribution is 2.16. The summed E-state index contributed by atoms with van der Waals surface area (Å²) in [7, 11) is 0. The maximum absolute atomic E-state index is 13.0. The Bertz CT molecular complexity index is 823. The van der Waals surface area contributed by atoms with E-state index in [1.807, 2.05) is 69.3 Å². The van der Waals surface area contributed by atoms with Crippen molar-refractivity contribution in [2.24, 2.45) is 0 Å². The van der Waals surface area contributed by atoms with E-state index < -0.39 is 6.04 Å². The molecular formula is C23H29IN2O3. The highest BCUT2D eigenvalue weighted by molar-refractivity contribution is 14.1. The van der Waals surface area contributed by atoms with E-state index >= 15 is 0 Å². The number of amides is 2. The lowest BCUT2D eigenvalue weighted by molar-refractivity contribution is -0.142. The lowest BCUT2D eigenvalue weighted by Gasteiger charge is -2.30. The summed E-state index contributed by atoms with van der Waals surface area (Å²) in [5.41, 5.74) is 2.09. The van der Waals surface area contributed by atoms with Gasteiger partial charge in [0.1, 0.15) is 11.8 Å². The molecule has 0 fully saturated rings. The summed E-state index contributed by atoms with van der Waals surface area (Å²) in [5.74, 6) is 0.250. The molecule has 2 aromatic carbocycles. The number of nitrogens with zero attached hydrogens (tertiary/aromatic N) is 1. The molecule has 0 bridgehead atoms. The van der Waals surface area contributed by atoms with Gasteiger partial charge in [-0.25, -0.2) is 0 Å². The largest absolute Gasteiger partial charge is 0.484 e. The number of hydrogen-bond acceptors (Lipinski definition) is 3. The van der Waals surface area contributed by atoms with Gasteiger partial charge in [-0.3, -0.25) is 9.59 Å². The highest BCUT2D eigenvalue weighted by Gasteiger charge is 2.27. The van der Waals surface area contributed by atoms with Gasteiger partial charge in [-0.1, -0.05) is 31.2 Å². The van der Waals surface area contributed by atoms with Crippen LogP contribution in [0.3, 0.4) is 0 Å². The zero-order chi connectivity index (χ0) is 21.4. The van der Waals surface area contributed by atoms with Gasteiger partial charge in [-0.2, -0.15) is 0 Å². The summed E-state index contributed by atoms with van der Waals surface area (Å²) in [6.07, 6.45) is 0.833. The van der Waals surface area contributed by atoms with Gasteiger partial charge in [0, 0.05) is 16.2 Å². The van der Waals surface area contributed by atoms with E-state index in [2.05, 4.69) is 27.9 Å². The van der Waals surface area contributed by atoms with E-state index in [0.717, 1.165) is 21.1 Å². The van der Waals surface area contributed by atoms with Crippen LogP contribution in [0.5, 0.6) is 5.75 Å². The van der Waals surface area contributed by atoms with Crippen LogP contribution in [0.4, 0.5) is 0 Å². The van der Waals surface area contributed by atoms with Crippen molar-refractivity contribution in [3.8, 4) is 5.75 Å². The van der Waals surface area contributed by atoms with Gasteiger partial charge in [0.15, 0.2) is 6.61 Å². The van der Waals surface area contributed by atoms with Gasteiger partial charge in [0.25, 0.3) is 5.91 Å². The molecule has 2 atom stereocenters. The molecule has 0 aliphatic carbocycles. The van der Waals surface area contributed by atoms with Gasteiger partial charge >= 0.3 is 0 Å². The molecule has 2 amide bonds. The zero-order valence-electron chi connectivity index (χ0n) is 17.4. The topological polar surface area (TPSA) is 58.6 Å². The van der Waals surface area contributed by atoms with Gasteiger partial charge in [-0.15, -0.1) is 0 Å². The second-order valence-electron chi connectivity index (χ2n) is 7.18.